The van der Waals surface area contributed by atoms with E-state index in [4.69, 9.17) is 4.74 Å². The van der Waals surface area contributed by atoms with Gasteiger partial charge in [0, 0.05) is 17.5 Å². The van der Waals surface area contributed by atoms with E-state index in [0.717, 1.165) is 29.0 Å². The van der Waals surface area contributed by atoms with Gasteiger partial charge in [0.05, 0.1) is 5.56 Å². The molecule has 3 rings (SSSR count). The van der Waals surface area contributed by atoms with Crippen molar-refractivity contribution in [2.75, 3.05) is 0 Å². The van der Waals surface area contributed by atoms with Crippen LogP contribution in [0.2, 0.25) is 0 Å². The van der Waals surface area contributed by atoms with Crippen molar-refractivity contribution < 1.29 is 17.9 Å². The van der Waals surface area contributed by atoms with Gasteiger partial charge in [0.2, 0.25) is 5.88 Å². The fourth-order valence-corrected chi connectivity index (χ4v) is 3.32. The Balaban J connectivity index is 1.70. The average molecular weight is 404 g/mol. The molecule has 0 fully saturated rings. The Morgan fingerprint density at radius 1 is 0.893 bits per heavy atom. The highest BCUT2D eigenvalue weighted by molar-refractivity contribution is 7.98. The minimum absolute atomic E-state index is 0.436. The van der Waals surface area contributed by atoms with E-state index in [-0.39, 0.29) is 0 Å². The van der Waals surface area contributed by atoms with E-state index in [1.54, 1.807) is 6.07 Å². The number of nitrogens with zero attached hydrogens (tertiary/aromatic N) is 2. The van der Waals surface area contributed by atoms with Crippen LogP contribution in [-0.2, 0) is 11.9 Å². The van der Waals surface area contributed by atoms with Gasteiger partial charge in [-0.15, -0.1) is 0 Å². The Morgan fingerprint density at radius 2 is 1.61 bits per heavy atom. The van der Waals surface area contributed by atoms with Crippen LogP contribution in [0.15, 0.2) is 53.7 Å². The van der Waals surface area contributed by atoms with Gasteiger partial charge in [0.15, 0.2) is 5.16 Å². The molecular formula is C21H19F3N2OS. The van der Waals surface area contributed by atoms with Gasteiger partial charge in [-0.05, 0) is 61.7 Å². The standard InChI is InChI=1S/C21H19F3N2OS/c1-13-4-9-18(10-14(13)2)27-19-11-15(3)25-20(26-19)28-12-16-5-7-17(8-6-16)21(22,23)24/h4-11H,12H2,1-3H3. The summed E-state index contributed by atoms with van der Waals surface area (Å²) < 4.78 is 43.8. The lowest BCUT2D eigenvalue weighted by molar-refractivity contribution is -0.137. The zero-order chi connectivity index (χ0) is 20.3. The first-order chi connectivity index (χ1) is 13.2. The molecule has 0 bridgehead atoms. The SMILES string of the molecule is Cc1cc(Oc2ccc(C)c(C)c2)nc(SCc2ccc(C(F)(F)F)cc2)n1. The Morgan fingerprint density at radius 3 is 2.25 bits per heavy atom. The topological polar surface area (TPSA) is 35.0 Å². The van der Waals surface area contributed by atoms with Crippen LogP contribution in [0.5, 0.6) is 11.6 Å². The molecule has 0 unspecified atom stereocenters. The minimum Gasteiger partial charge on any atom is -0.439 e. The van der Waals surface area contributed by atoms with Crippen molar-refractivity contribution in [1.29, 1.82) is 0 Å². The lowest BCUT2D eigenvalue weighted by Gasteiger charge is -2.10. The Labute approximate surface area is 166 Å². The molecule has 146 valence electrons. The van der Waals surface area contributed by atoms with E-state index in [9.17, 15) is 13.2 Å². The number of rotatable bonds is 5. The van der Waals surface area contributed by atoms with Crippen molar-refractivity contribution in [2.45, 2.75) is 37.9 Å². The maximum absolute atomic E-state index is 12.6. The zero-order valence-electron chi connectivity index (χ0n) is 15.7. The molecule has 1 heterocycles. The van der Waals surface area contributed by atoms with E-state index in [0.29, 0.717) is 22.5 Å². The second kappa shape index (κ2) is 8.22. The number of benzene rings is 2. The number of thioether (sulfide) groups is 1. The molecule has 7 heteroatoms. The molecule has 0 saturated carbocycles. The summed E-state index contributed by atoms with van der Waals surface area (Å²) in [6.07, 6.45) is -4.33. The maximum Gasteiger partial charge on any atom is 0.416 e. The van der Waals surface area contributed by atoms with Crippen LogP contribution in [0, 0.1) is 20.8 Å². The summed E-state index contributed by atoms with van der Waals surface area (Å²) in [5, 5.41) is 0.513. The number of ether oxygens (including phenoxy) is 1. The second-order valence-corrected chi connectivity index (χ2v) is 7.40. The maximum atomic E-state index is 12.6. The van der Waals surface area contributed by atoms with E-state index >= 15 is 0 Å². The van der Waals surface area contributed by atoms with Gasteiger partial charge in [-0.2, -0.15) is 18.2 Å². The van der Waals surface area contributed by atoms with E-state index in [1.165, 1.54) is 29.5 Å². The van der Waals surface area contributed by atoms with Gasteiger partial charge >= 0.3 is 6.18 Å². The molecule has 28 heavy (non-hydrogen) atoms. The van der Waals surface area contributed by atoms with Crippen molar-refractivity contribution in [1.82, 2.24) is 9.97 Å². The molecule has 3 aromatic rings. The Bertz CT molecular complexity index is 972. The fourth-order valence-electron chi connectivity index (χ4n) is 2.47. The second-order valence-electron chi connectivity index (χ2n) is 6.46. The van der Waals surface area contributed by atoms with Gasteiger partial charge in [-0.1, -0.05) is 30.0 Å². The van der Waals surface area contributed by atoms with Gasteiger partial charge < -0.3 is 4.74 Å². The fraction of sp³-hybridized carbons (Fsp3) is 0.238. The molecule has 3 nitrogen and oxygen atoms in total. The number of hydrogen-bond donors (Lipinski definition) is 0. The third-order valence-electron chi connectivity index (χ3n) is 4.16. The predicted molar refractivity (Wildman–Crippen MR) is 104 cm³/mol. The monoisotopic (exact) mass is 404 g/mol. The zero-order valence-corrected chi connectivity index (χ0v) is 16.5. The number of halogens is 3. The summed E-state index contributed by atoms with van der Waals surface area (Å²) in [7, 11) is 0. The largest absolute Gasteiger partial charge is 0.439 e. The molecule has 0 spiro atoms. The predicted octanol–water partition coefficient (Wildman–Crippen LogP) is 6.51. The van der Waals surface area contributed by atoms with E-state index in [1.807, 2.05) is 39.0 Å². The molecular weight excluding hydrogens is 385 g/mol. The minimum atomic E-state index is -4.33. The summed E-state index contributed by atoms with van der Waals surface area (Å²) in [5.41, 5.74) is 3.17. The van der Waals surface area contributed by atoms with Crippen LogP contribution < -0.4 is 4.74 Å². The molecule has 0 N–H and O–H groups in total. The van der Waals surface area contributed by atoms with Crippen molar-refractivity contribution in [3.05, 3.63) is 76.5 Å². The molecule has 0 aliphatic heterocycles. The average Bonchev–Trinajstić information content (AvgIpc) is 2.62. The third kappa shape index (κ3) is 5.25. The molecule has 0 aliphatic carbocycles. The number of aromatic nitrogens is 2. The quantitative estimate of drug-likeness (QED) is 0.359. The number of alkyl halides is 3. The Kier molecular flexibility index (Phi) is 5.93. The van der Waals surface area contributed by atoms with Crippen LogP contribution >= 0.6 is 11.8 Å². The molecule has 0 amide bonds. The van der Waals surface area contributed by atoms with E-state index < -0.39 is 11.7 Å². The first-order valence-corrected chi connectivity index (χ1v) is 9.59. The molecule has 2 aromatic carbocycles. The van der Waals surface area contributed by atoms with Gasteiger partial charge in [0.1, 0.15) is 5.75 Å². The third-order valence-corrected chi connectivity index (χ3v) is 5.08. The summed E-state index contributed by atoms with van der Waals surface area (Å²) in [6.45, 7) is 5.89. The highest BCUT2D eigenvalue weighted by Gasteiger charge is 2.29. The van der Waals surface area contributed by atoms with E-state index in [2.05, 4.69) is 9.97 Å². The van der Waals surface area contributed by atoms with Crippen LogP contribution in [0.4, 0.5) is 13.2 Å². The lowest BCUT2D eigenvalue weighted by atomic mass is 10.1. The normalized spacial score (nSPS) is 11.5. The number of hydrogen-bond acceptors (Lipinski definition) is 4. The lowest BCUT2D eigenvalue weighted by Crippen LogP contribution is -2.04. The summed E-state index contributed by atoms with van der Waals surface area (Å²) in [5.74, 6) is 1.59. The summed E-state index contributed by atoms with van der Waals surface area (Å²) >= 11 is 1.35. The van der Waals surface area contributed by atoms with Crippen LogP contribution in [0.1, 0.15) is 27.9 Å². The molecule has 1 aromatic heterocycles. The highest BCUT2D eigenvalue weighted by atomic mass is 32.2. The Hall–Kier alpha value is -2.54. The molecule has 0 saturated heterocycles. The van der Waals surface area contributed by atoms with Crippen LogP contribution in [0.25, 0.3) is 0 Å². The van der Waals surface area contributed by atoms with Gasteiger partial charge in [0.25, 0.3) is 0 Å². The first-order valence-electron chi connectivity index (χ1n) is 8.60. The smallest absolute Gasteiger partial charge is 0.416 e. The van der Waals surface area contributed by atoms with Crippen molar-refractivity contribution in [3.63, 3.8) is 0 Å². The highest BCUT2D eigenvalue weighted by Crippen LogP contribution is 2.30. The molecule has 0 aliphatic rings. The van der Waals surface area contributed by atoms with Crippen molar-refractivity contribution in [3.8, 4) is 11.6 Å². The summed E-state index contributed by atoms with van der Waals surface area (Å²) in [4.78, 5) is 8.77. The van der Waals surface area contributed by atoms with Crippen molar-refractivity contribution >= 4 is 11.8 Å². The van der Waals surface area contributed by atoms with Crippen LogP contribution in [0.3, 0.4) is 0 Å². The van der Waals surface area contributed by atoms with Gasteiger partial charge in [-0.25, -0.2) is 4.98 Å². The number of aryl methyl sites for hydroxylation is 3. The van der Waals surface area contributed by atoms with Crippen molar-refractivity contribution in [2.24, 2.45) is 0 Å². The van der Waals surface area contributed by atoms with Gasteiger partial charge in [-0.3, -0.25) is 0 Å². The van der Waals surface area contributed by atoms with Crippen LogP contribution in [-0.4, -0.2) is 9.97 Å². The first kappa shape index (κ1) is 20.2. The molecule has 0 radical (unpaired) electrons. The molecule has 0 atom stereocenters. The summed E-state index contributed by atoms with van der Waals surface area (Å²) in [6, 6.07) is 12.7.